The number of pyridine rings is 1. The van der Waals surface area contributed by atoms with Gasteiger partial charge in [-0.15, -0.1) is 0 Å². The third-order valence-corrected chi connectivity index (χ3v) is 1.94. The number of nitrogens with zero attached hydrogens (tertiary/aromatic N) is 2. The van der Waals surface area contributed by atoms with Gasteiger partial charge in [-0.25, -0.2) is 0 Å². The minimum atomic E-state index is -0.168. The minimum absolute atomic E-state index is 0.0648. The summed E-state index contributed by atoms with van der Waals surface area (Å²) in [7, 11) is 0. The molecule has 0 unspecified atom stereocenters. The molecular formula is C10H13N5OS. The highest BCUT2D eigenvalue weighted by atomic mass is 32.1. The van der Waals surface area contributed by atoms with Crippen LogP contribution in [0.25, 0.3) is 0 Å². The molecule has 90 valence electrons. The molecule has 0 fully saturated rings. The fraction of sp³-hybridized carbons (Fsp3) is 0.200. The van der Waals surface area contributed by atoms with Crippen molar-refractivity contribution < 1.29 is 4.79 Å². The van der Waals surface area contributed by atoms with E-state index in [-0.39, 0.29) is 11.0 Å². The van der Waals surface area contributed by atoms with Crippen LogP contribution in [0.1, 0.15) is 18.2 Å². The van der Waals surface area contributed by atoms with Crippen LogP contribution in [0, 0.1) is 6.92 Å². The molecule has 0 aliphatic heterocycles. The first-order chi connectivity index (χ1) is 8.00. The van der Waals surface area contributed by atoms with Crippen molar-refractivity contribution in [2.24, 2.45) is 10.8 Å². The molecule has 1 heterocycles. The molecule has 0 saturated heterocycles. The highest BCUT2D eigenvalue weighted by Crippen LogP contribution is 2.16. The number of carbonyl (C=O) groups is 1. The highest BCUT2D eigenvalue weighted by Gasteiger charge is 2.06. The average molecular weight is 251 g/mol. The predicted octanol–water partition coefficient (Wildman–Crippen LogP) is 0.516. The van der Waals surface area contributed by atoms with E-state index in [0.29, 0.717) is 11.4 Å². The summed E-state index contributed by atoms with van der Waals surface area (Å²) in [4.78, 5) is 15.2. The normalized spacial score (nSPS) is 10.2. The van der Waals surface area contributed by atoms with Gasteiger partial charge in [-0.1, -0.05) is 0 Å². The van der Waals surface area contributed by atoms with Crippen molar-refractivity contribution in [2.45, 2.75) is 13.8 Å². The first kappa shape index (κ1) is 13.0. The number of carbonyl (C=O) groups excluding carboxylic acids is 1. The first-order valence-corrected chi connectivity index (χ1v) is 5.23. The largest absolute Gasteiger partial charge is 0.375 e. The Bertz CT molecular complexity index is 472. The maximum Gasteiger partial charge on any atom is 0.221 e. The molecule has 0 aliphatic rings. The van der Waals surface area contributed by atoms with Crippen molar-refractivity contribution in [2.75, 3.05) is 5.32 Å². The van der Waals surface area contributed by atoms with Gasteiger partial charge in [-0.3, -0.25) is 15.2 Å². The number of hydrogen-bond donors (Lipinski definition) is 3. The third kappa shape index (κ3) is 4.15. The van der Waals surface area contributed by atoms with E-state index in [4.69, 9.17) is 5.73 Å². The zero-order valence-corrected chi connectivity index (χ0v) is 10.3. The van der Waals surface area contributed by atoms with E-state index in [1.165, 1.54) is 13.1 Å². The summed E-state index contributed by atoms with van der Waals surface area (Å²) in [5, 5.41) is 6.56. The van der Waals surface area contributed by atoms with Gasteiger partial charge in [-0.2, -0.15) is 5.10 Å². The van der Waals surface area contributed by atoms with Crippen LogP contribution in [-0.2, 0) is 4.79 Å². The second-order valence-corrected chi connectivity index (χ2v) is 3.74. The van der Waals surface area contributed by atoms with Gasteiger partial charge in [0.15, 0.2) is 5.11 Å². The van der Waals surface area contributed by atoms with Crippen LogP contribution in [0.4, 0.5) is 5.69 Å². The SMILES string of the molecule is CC(=O)Nc1c(C)ccnc1C=NNC(N)=S. The van der Waals surface area contributed by atoms with Crippen molar-refractivity contribution in [3.05, 3.63) is 23.5 Å². The summed E-state index contributed by atoms with van der Waals surface area (Å²) in [6.45, 7) is 3.30. The molecule has 0 radical (unpaired) electrons. The Hall–Kier alpha value is -2.02. The number of rotatable bonds is 3. The van der Waals surface area contributed by atoms with E-state index in [1.54, 1.807) is 12.3 Å². The molecule has 4 N–H and O–H groups in total. The number of aryl methyl sites for hydroxylation is 1. The molecule has 7 heteroatoms. The number of hydrogen-bond acceptors (Lipinski definition) is 4. The molecule has 6 nitrogen and oxygen atoms in total. The van der Waals surface area contributed by atoms with E-state index in [2.05, 4.69) is 33.0 Å². The summed E-state index contributed by atoms with van der Waals surface area (Å²) in [5.41, 5.74) is 9.69. The van der Waals surface area contributed by atoms with Gasteiger partial charge < -0.3 is 11.1 Å². The predicted molar refractivity (Wildman–Crippen MR) is 70.8 cm³/mol. The van der Waals surface area contributed by atoms with Crippen LogP contribution in [0.15, 0.2) is 17.4 Å². The van der Waals surface area contributed by atoms with Gasteiger partial charge in [0.1, 0.15) is 5.69 Å². The van der Waals surface area contributed by atoms with Gasteiger partial charge in [0.25, 0.3) is 0 Å². The Morgan fingerprint density at radius 2 is 2.35 bits per heavy atom. The van der Waals surface area contributed by atoms with Crippen LogP contribution < -0.4 is 16.5 Å². The number of nitrogens with two attached hydrogens (primary N) is 1. The second-order valence-electron chi connectivity index (χ2n) is 3.30. The standard InChI is InChI=1S/C10H13N5OS/c1-6-3-4-12-8(5-13-15-10(11)17)9(6)14-7(2)16/h3-5H,1-2H3,(H,14,16)(H3,11,15,17). The van der Waals surface area contributed by atoms with Crippen molar-refractivity contribution in [3.8, 4) is 0 Å². The molecule has 1 aromatic heterocycles. The van der Waals surface area contributed by atoms with Gasteiger partial charge in [-0.05, 0) is 30.8 Å². The lowest BCUT2D eigenvalue weighted by Gasteiger charge is -2.08. The summed E-state index contributed by atoms with van der Waals surface area (Å²) >= 11 is 4.60. The average Bonchev–Trinajstić information content (AvgIpc) is 2.22. The smallest absolute Gasteiger partial charge is 0.221 e. The molecule has 0 aliphatic carbocycles. The van der Waals surface area contributed by atoms with Crippen molar-refractivity contribution in [1.82, 2.24) is 10.4 Å². The third-order valence-electron chi connectivity index (χ3n) is 1.85. The summed E-state index contributed by atoms with van der Waals surface area (Å²) in [6, 6.07) is 1.80. The van der Waals surface area contributed by atoms with E-state index >= 15 is 0 Å². The van der Waals surface area contributed by atoms with Crippen molar-refractivity contribution in [1.29, 1.82) is 0 Å². The zero-order valence-electron chi connectivity index (χ0n) is 9.52. The van der Waals surface area contributed by atoms with E-state index < -0.39 is 0 Å². The lowest BCUT2D eigenvalue weighted by Crippen LogP contribution is -2.24. The number of thiocarbonyl (C=S) groups is 1. The Morgan fingerprint density at radius 1 is 1.65 bits per heavy atom. The summed E-state index contributed by atoms with van der Waals surface area (Å²) in [6.07, 6.45) is 3.07. The molecule has 0 atom stereocenters. The van der Waals surface area contributed by atoms with Gasteiger partial charge in [0, 0.05) is 13.1 Å². The first-order valence-electron chi connectivity index (χ1n) is 4.82. The quantitative estimate of drug-likeness (QED) is 0.413. The molecule has 0 bridgehead atoms. The van der Waals surface area contributed by atoms with Crippen LogP contribution in [-0.4, -0.2) is 22.2 Å². The number of aromatic nitrogens is 1. The fourth-order valence-corrected chi connectivity index (χ4v) is 1.23. The Morgan fingerprint density at radius 3 is 2.94 bits per heavy atom. The van der Waals surface area contributed by atoms with Gasteiger partial charge in [0.2, 0.25) is 5.91 Å². The maximum atomic E-state index is 11.1. The maximum absolute atomic E-state index is 11.1. The number of hydrazone groups is 1. The molecule has 0 aromatic carbocycles. The molecule has 1 aromatic rings. The topological polar surface area (TPSA) is 92.4 Å². The van der Waals surface area contributed by atoms with E-state index in [0.717, 1.165) is 5.56 Å². The van der Waals surface area contributed by atoms with Crippen molar-refractivity contribution in [3.63, 3.8) is 0 Å². The molecule has 0 spiro atoms. The Kier molecular flexibility index (Phi) is 4.53. The number of anilines is 1. The molecule has 1 amide bonds. The second kappa shape index (κ2) is 5.90. The van der Waals surface area contributed by atoms with E-state index in [9.17, 15) is 4.79 Å². The lowest BCUT2D eigenvalue weighted by molar-refractivity contribution is -0.114. The van der Waals surface area contributed by atoms with Gasteiger partial charge in [0.05, 0.1) is 11.9 Å². The van der Waals surface area contributed by atoms with Crippen LogP contribution in [0.3, 0.4) is 0 Å². The fourth-order valence-electron chi connectivity index (χ4n) is 1.17. The lowest BCUT2D eigenvalue weighted by atomic mass is 10.2. The van der Waals surface area contributed by atoms with Crippen molar-refractivity contribution >= 4 is 35.1 Å². The number of amides is 1. The molecule has 0 saturated carbocycles. The zero-order chi connectivity index (χ0) is 12.8. The molecular weight excluding hydrogens is 238 g/mol. The summed E-state index contributed by atoms with van der Waals surface area (Å²) in [5.74, 6) is -0.168. The Labute approximate surface area is 104 Å². The van der Waals surface area contributed by atoms with Gasteiger partial charge >= 0.3 is 0 Å². The molecule has 1 rings (SSSR count). The number of nitrogens with one attached hydrogen (secondary N) is 2. The Balaban J connectivity index is 2.97. The monoisotopic (exact) mass is 251 g/mol. The van der Waals surface area contributed by atoms with Crippen LogP contribution >= 0.6 is 12.2 Å². The van der Waals surface area contributed by atoms with Crippen LogP contribution in [0.2, 0.25) is 0 Å². The summed E-state index contributed by atoms with van der Waals surface area (Å²) < 4.78 is 0. The minimum Gasteiger partial charge on any atom is -0.375 e. The highest BCUT2D eigenvalue weighted by molar-refractivity contribution is 7.80. The van der Waals surface area contributed by atoms with E-state index in [1.807, 2.05) is 6.92 Å². The molecule has 17 heavy (non-hydrogen) atoms. The van der Waals surface area contributed by atoms with Crippen LogP contribution in [0.5, 0.6) is 0 Å².